The van der Waals surface area contributed by atoms with Crippen LogP contribution in [0.1, 0.15) is 99.1 Å². The van der Waals surface area contributed by atoms with Crippen molar-refractivity contribution in [2.75, 3.05) is 0 Å². The minimum atomic E-state index is -2.18. The van der Waals surface area contributed by atoms with E-state index in [1.807, 2.05) is 50.3 Å². The zero-order valence-corrected chi connectivity index (χ0v) is 34.3. The predicted octanol–water partition coefficient (Wildman–Crippen LogP) is 14.2. The van der Waals surface area contributed by atoms with E-state index in [2.05, 4.69) is 87.3 Å². The van der Waals surface area contributed by atoms with Gasteiger partial charge in [0.1, 0.15) is 0 Å². The maximum atomic E-state index is 9.31. The van der Waals surface area contributed by atoms with Crippen molar-refractivity contribution in [1.29, 1.82) is 0 Å². The molecule has 0 saturated heterocycles. The van der Waals surface area contributed by atoms with Crippen LogP contribution >= 0.6 is 11.3 Å². The van der Waals surface area contributed by atoms with Gasteiger partial charge in [0.25, 0.3) is 0 Å². The van der Waals surface area contributed by atoms with Crippen LogP contribution in [0.4, 0.5) is 0 Å². The molecule has 0 N–H and O–H groups in total. The molecular weight excluding hydrogens is 841 g/mol. The summed E-state index contributed by atoms with van der Waals surface area (Å²) in [5, 5.41) is 6.33. The third-order valence-corrected chi connectivity index (χ3v) is 10.4. The molecule has 2 nitrogen and oxygen atoms in total. The second-order valence-corrected chi connectivity index (χ2v) is 16.1. The minimum Gasteiger partial charge on any atom is -0.304 e. The number of fused-ring (bicyclic) bond motifs is 8. The fourth-order valence-corrected chi connectivity index (χ4v) is 8.13. The molecule has 0 saturated carbocycles. The largest absolute Gasteiger partial charge is 0.304 e. The molecule has 0 aliphatic heterocycles. The Morgan fingerprint density at radius 2 is 1.53 bits per heavy atom. The average molecular weight is 897 g/mol. The third-order valence-electron chi connectivity index (χ3n) is 9.27. The number of aryl methyl sites for hydroxylation is 2. The quantitative estimate of drug-likeness (QED) is 0.127. The molecule has 4 heteroatoms. The molecule has 1 radical (unpaired) electrons. The normalized spacial score (nSPS) is 14.7. The molecule has 0 aliphatic carbocycles. The number of hydrogen-bond acceptors (Lipinski definition) is 3. The predicted molar refractivity (Wildman–Crippen MR) is 226 cm³/mol. The van der Waals surface area contributed by atoms with Crippen LogP contribution in [-0.4, -0.2) is 9.97 Å². The molecule has 3 aromatic heterocycles. The van der Waals surface area contributed by atoms with Crippen LogP contribution in [0.5, 0.6) is 0 Å². The first kappa shape index (κ1) is 29.2. The molecule has 5 aromatic carbocycles. The van der Waals surface area contributed by atoms with Gasteiger partial charge in [-0.15, -0.1) is 76.4 Å². The number of hydrogen-bond donors (Lipinski definition) is 0. The van der Waals surface area contributed by atoms with Gasteiger partial charge in [0.05, 0.1) is 0 Å². The van der Waals surface area contributed by atoms with E-state index in [0.717, 1.165) is 32.4 Å². The van der Waals surface area contributed by atoms with Gasteiger partial charge in [0, 0.05) is 58.4 Å². The van der Waals surface area contributed by atoms with Crippen LogP contribution in [-0.2, 0) is 26.5 Å². The van der Waals surface area contributed by atoms with Gasteiger partial charge in [0.15, 0.2) is 0 Å². The van der Waals surface area contributed by atoms with Gasteiger partial charge in [0.2, 0.25) is 0 Å². The molecule has 0 spiro atoms. The second kappa shape index (κ2) is 15.6. The first-order chi connectivity index (χ1) is 28.1. The molecule has 0 bridgehead atoms. The van der Waals surface area contributed by atoms with Gasteiger partial charge >= 0.3 is 0 Å². The number of pyridine rings is 2. The van der Waals surface area contributed by atoms with E-state index in [0.29, 0.717) is 28.7 Å². The van der Waals surface area contributed by atoms with E-state index in [9.17, 15) is 2.74 Å². The van der Waals surface area contributed by atoms with Crippen molar-refractivity contribution in [2.45, 2.75) is 80.4 Å². The zero-order chi connectivity index (χ0) is 43.5. The van der Waals surface area contributed by atoms with Gasteiger partial charge in [-0.05, 0) is 98.5 Å². The van der Waals surface area contributed by atoms with E-state index >= 15 is 0 Å². The number of nitrogens with zero attached hydrogens (tertiary/aromatic N) is 2. The maximum absolute atomic E-state index is 9.31. The summed E-state index contributed by atoms with van der Waals surface area (Å²) in [4.78, 5) is 10.2. The second-order valence-electron chi connectivity index (χ2n) is 15.0. The summed E-state index contributed by atoms with van der Waals surface area (Å²) in [6.45, 7) is 10.7. The monoisotopic (exact) mass is 897 g/mol. The number of aromatic nitrogens is 2. The summed E-state index contributed by atoms with van der Waals surface area (Å²) in [6.07, 6.45) is 1.49. The van der Waals surface area contributed by atoms with Crippen LogP contribution in [0.15, 0.2) is 103 Å². The van der Waals surface area contributed by atoms with Crippen LogP contribution in [0.3, 0.4) is 0 Å². The van der Waals surface area contributed by atoms with Crippen LogP contribution in [0, 0.1) is 31.3 Å². The van der Waals surface area contributed by atoms with Gasteiger partial charge in [-0.1, -0.05) is 102 Å². The van der Waals surface area contributed by atoms with Crippen LogP contribution in [0.2, 0.25) is 0 Å². The van der Waals surface area contributed by atoms with Crippen molar-refractivity contribution in [1.82, 2.24) is 9.97 Å². The smallest absolute Gasteiger partial charge is 0.0361 e. The van der Waals surface area contributed by atoms with E-state index in [1.165, 1.54) is 56.0 Å². The van der Waals surface area contributed by atoms with E-state index < -0.39 is 25.5 Å². The number of thiophene rings is 1. The van der Waals surface area contributed by atoms with E-state index in [-0.39, 0.29) is 31.2 Å². The molecule has 0 fully saturated rings. The van der Waals surface area contributed by atoms with Gasteiger partial charge in [-0.25, -0.2) is 0 Å². The topological polar surface area (TPSA) is 25.8 Å². The molecule has 271 valence electrons. The van der Waals surface area contributed by atoms with Crippen molar-refractivity contribution in [3.63, 3.8) is 0 Å². The Morgan fingerprint density at radius 3 is 2.17 bits per heavy atom. The van der Waals surface area contributed by atoms with Crippen molar-refractivity contribution < 1.29 is 31.1 Å². The summed E-state index contributed by atoms with van der Waals surface area (Å²) in [6, 6.07) is 35.4. The summed E-state index contributed by atoms with van der Waals surface area (Å²) in [7, 11) is 0. The van der Waals surface area contributed by atoms with E-state index in [4.69, 9.17) is 13.2 Å². The molecule has 8 rings (SSSR count). The fourth-order valence-electron chi connectivity index (χ4n) is 6.97. The van der Waals surface area contributed by atoms with Crippen molar-refractivity contribution >= 4 is 53.9 Å². The molecule has 0 amide bonds. The first-order valence-corrected chi connectivity index (χ1v) is 18.6. The van der Waals surface area contributed by atoms with Crippen LogP contribution < -0.4 is 0 Å². The van der Waals surface area contributed by atoms with Crippen molar-refractivity contribution in [2.24, 2.45) is 5.41 Å². The average Bonchev–Trinajstić information content (AvgIpc) is 3.64. The maximum Gasteiger partial charge on any atom is 0.0361 e. The standard InChI is InChI=1S/C36H36NS.C13H12N.Ir/c1-21(2)24-13-10-14-25(22(3)4)33(24)31-19-29-30(38-31)16-15-27-26-11-8-9-12-28(26)35-32(34(27)29)23(17-18-37-35)20-36(5,6)7;1-10-3-6-12(7-4-10)13-8-5-11(2)9-14-13;/h8-11,13-19,21-22H,20H2,1-7H3;3-6,8-9H,1-2H3;/q2*-1;/i20D2;1D3,2D3;. The Hall–Kier alpha value is -4.21. The Labute approximate surface area is 344 Å². The van der Waals surface area contributed by atoms with Gasteiger partial charge < -0.3 is 9.97 Å². The molecule has 0 unspecified atom stereocenters. The summed E-state index contributed by atoms with van der Waals surface area (Å²) >= 11 is 1.84. The summed E-state index contributed by atoms with van der Waals surface area (Å²) in [5.74, 6) is 0.816. The fraction of sp³-hybridized carbons (Fsp3) is 0.265. The summed E-state index contributed by atoms with van der Waals surface area (Å²) < 4.78 is 63.5. The van der Waals surface area contributed by atoms with E-state index in [1.54, 1.807) is 18.3 Å². The number of benzene rings is 5. The zero-order valence-electron chi connectivity index (χ0n) is 39.1. The first-order valence-electron chi connectivity index (χ1n) is 21.8. The molecule has 53 heavy (non-hydrogen) atoms. The molecule has 3 heterocycles. The SMILES string of the molecule is [2H]C([2H])([2H])c1c[c-]c(-c2ccc(C([2H])([2H])[2H])cn2)cc1.[2H]C([2H])(c1ccnc2c3[c-]cccc3c3ccc4sc(-c5c(C(C)C)cccc5C(C)C)cc4c3c12)C(C)(C)C.[Ir]. The van der Waals surface area contributed by atoms with Crippen molar-refractivity contribution in [3.8, 4) is 21.7 Å². The Morgan fingerprint density at radius 1 is 0.774 bits per heavy atom. The minimum absolute atomic E-state index is 0. The molecular formula is C49H48IrN2S-2. The Bertz CT molecular complexity index is 2770. The molecule has 0 aliphatic rings. The third kappa shape index (κ3) is 7.88. The molecule has 0 atom stereocenters. The number of rotatable bonds is 5. The van der Waals surface area contributed by atoms with Gasteiger partial charge in [-0.2, -0.15) is 0 Å². The van der Waals surface area contributed by atoms with Crippen molar-refractivity contribution in [3.05, 3.63) is 143 Å². The Kier molecular flexibility index (Phi) is 8.61. The van der Waals surface area contributed by atoms with Crippen LogP contribution in [0.25, 0.3) is 64.2 Å². The van der Waals surface area contributed by atoms with Gasteiger partial charge in [-0.3, -0.25) is 0 Å². The Balaban J connectivity index is 0.000000250. The molecule has 8 aromatic rings. The summed E-state index contributed by atoms with van der Waals surface area (Å²) in [5.41, 5.74) is 6.56.